The highest BCUT2D eigenvalue weighted by Crippen LogP contribution is 2.34. The summed E-state index contributed by atoms with van der Waals surface area (Å²) in [6.45, 7) is 10.9. The zero-order chi connectivity index (χ0) is 25.8. The molecule has 0 atom stereocenters. The maximum absolute atomic E-state index is 13.5. The number of benzene rings is 2. The van der Waals surface area contributed by atoms with Crippen LogP contribution in [0.4, 0.5) is 11.4 Å². The van der Waals surface area contributed by atoms with Gasteiger partial charge in [0.25, 0.3) is 11.6 Å². The molecule has 0 saturated carbocycles. The number of nitro groups is 1. The van der Waals surface area contributed by atoms with Gasteiger partial charge in [-0.05, 0) is 38.0 Å². The minimum Gasteiger partial charge on any atom is -0.395 e. The van der Waals surface area contributed by atoms with Crippen molar-refractivity contribution in [1.82, 2.24) is 14.4 Å². The van der Waals surface area contributed by atoms with Gasteiger partial charge in [0, 0.05) is 74.1 Å². The van der Waals surface area contributed by atoms with Crippen molar-refractivity contribution in [2.45, 2.75) is 40.3 Å². The first-order valence-electron chi connectivity index (χ1n) is 12.6. The van der Waals surface area contributed by atoms with Crippen molar-refractivity contribution in [3.05, 3.63) is 68.9 Å². The number of amides is 1. The van der Waals surface area contributed by atoms with Crippen LogP contribution in [0.2, 0.25) is 0 Å². The summed E-state index contributed by atoms with van der Waals surface area (Å²) in [6, 6.07) is 10.6. The van der Waals surface area contributed by atoms with Gasteiger partial charge in [0.2, 0.25) is 0 Å². The van der Waals surface area contributed by atoms with Gasteiger partial charge >= 0.3 is 0 Å². The lowest BCUT2D eigenvalue weighted by Crippen LogP contribution is -2.49. The summed E-state index contributed by atoms with van der Waals surface area (Å²) in [7, 11) is 0. The van der Waals surface area contributed by atoms with Gasteiger partial charge in [0.05, 0.1) is 22.7 Å². The minimum absolute atomic E-state index is 0.0189. The Labute approximate surface area is 211 Å². The lowest BCUT2D eigenvalue weighted by Gasteiger charge is -2.34. The summed E-state index contributed by atoms with van der Waals surface area (Å²) in [5, 5.41) is 25.2. The van der Waals surface area contributed by atoms with E-state index in [9.17, 15) is 20.0 Å². The van der Waals surface area contributed by atoms with Crippen LogP contribution >= 0.6 is 0 Å². The molecular weight excluding hydrogens is 458 g/mol. The van der Waals surface area contributed by atoms with Crippen LogP contribution in [-0.4, -0.2) is 69.6 Å². The molecule has 1 fully saturated rings. The largest absolute Gasteiger partial charge is 0.395 e. The molecule has 0 radical (unpaired) electrons. The number of anilines is 1. The number of fused-ring (bicyclic) bond motifs is 1. The molecule has 2 N–H and O–H groups in total. The summed E-state index contributed by atoms with van der Waals surface area (Å²) in [5.41, 5.74) is 5.39. The predicted octanol–water partition coefficient (Wildman–Crippen LogP) is 3.94. The maximum atomic E-state index is 13.5. The number of hydrogen-bond donors (Lipinski definition) is 2. The number of carbonyl (C=O) groups excluding carboxylic acids is 1. The third-order valence-electron chi connectivity index (χ3n) is 7.16. The lowest BCUT2D eigenvalue weighted by atomic mass is 10.1. The first-order chi connectivity index (χ1) is 17.3. The molecule has 9 nitrogen and oxygen atoms in total. The molecule has 0 aliphatic carbocycles. The zero-order valence-electron chi connectivity index (χ0n) is 21.3. The molecule has 1 saturated heterocycles. The number of piperazine rings is 1. The molecule has 0 unspecified atom stereocenters. The SMILES string of the molecule is CCCn1c(C)c(C)c2cc(C(=O)N3CCN(CCO)CC3)cc(NCc3ccccc3[N+](=O)[O-])c21. The van der Waals surface area contributed by atoms with Crippen molar-refractivity contribution in [2.24, 2.45) is 0 Å². The molecule has 1 amide bonds. The average Bonchev–Trinajstić information content (AvgIpc) is 3.12. The van der Waals surface area contributed by atoms with Crippen molar-refractivity contribution in [2.75, 3.05) is 44.6 Å². The number of β-amino-alcohol motifs (C(OH)–C–C–N with tert-alkyl or cyclic N) is 1. The Kier molecular flexibility index (Phi) is 7.91. The molecule has 4 rings (SSSR count). The second-order valence-corrected chi connectivity index (χ2v) is 9.38. The van der Waals surface area contributed by atoms with E-state index in [1.54, 1.807) is 18.2 Å². The Balaban J connectivity index is 1.71. The normalized spacial score (nSPS) is 14.4. The molecule has 1 aromatic heterocycles. The first-order valence-corrected chi connectivity index (χ1v) is 12.6. The Hall–Kier alpha value is -3.43. The van der Waals surface area contributed by atoms with Crippen molar-refractivity contribution in [3.8, 4) is 0 Å². The molecule has 2 aromatic carbocycles. The number of nitrogens with zero attached hydrogens (tertiary/aromatic N) is 4. The summed E-state index contributed by atoms with van der Waals surface area (Å²) >= 11 is 0. The number of aromatic nitrogens is 1. The summed E-state index contributed by atoms with van der Waals surface area (Å²) in [4.78, 5) is 28.7. The lowest BCUT2D eigenvalue weighted by molar-refractivity contribution is -0.385. The van der Waals surface area contributed by atoms with Crippen LogP contribution in [0, 0.1) is 24.0 Å². The van der Waals surface area contributed by atoms with E-state index in [1.165, 1.54) is 6.07 Å². The molecule has 2 heterocycles. The third-order valence-corrected chi connectivity index (χ3v) is 7.16. The predicted molar refractivity (Wildman–Crippen MR) is 142 cm³/mol. The number of hydrogen-bond acceptors (Lipinski definition) is 6. The van der Waals surface area contributed by atoms with E-state index < -0.39 is 0 Å². The molecule has 1 aliphatic rings. The fourth-order valence-electron chi connectivity index (χ4n) is 5.06. The molecule has 192 valence electrons. The zero-order valence-corrected chi connectivity index (χ0v) is 21.3. The number of aryl methyl sites for hydroxylation is 2. The second kappa shape index (κ2) is 11.1. The van der Waals surface area contributed by atoms with Crippen LogP contribution < -0.4 is 5.32 Å². The fraction of sp³-hybridized carbons (Fsp3) is 0.444. The van der Waals surface area contributed by atoms with Crippen molar-refractivity contribution in [1.29, 1.82) is 0 Å². The highest BCUT2D eigenvalue weighted by molar-refractivity contribution is 6.04. The Morgan fingerprint density at radius 3 is 2.50 bits per heavy atom. The van der Waals surface area contributed by atoms with Gasteiger partial charge in [-0.15, -0.1) is 0 Å². The molecule has 1 aliphatic heterocycles. The van der Waals surface area contributed by atoms with Gasteiger partial charge in [-0.1, -0.05) is 25.1 Å². The first kappa shape index (κ1) is 25.7. The Morgan fingerprint density at radius 2 is 1.83 bits per heavy atom. The van der Waals surface area contributed by atoms with Gasteiger partial charge in [-0.2, -0.15) is 0 Å². The molecule has 9 heteroatoms. The third kappa shape index (κ3) is 5.08. The highest BCUT2D eigenvalue weighted by Gasteiger charge is 2.24. The van der Waals surface area contributed by atoms with Crippen molar-refractivity contribution < 1.29 is 14.8 Å². The number of aliphatic hydroxyl groups is 1. The molecule has 0 bridgehead atoms. The summed E-state index contributed by atoms with van der Waals surface area (Å²) < 4.78 is 2.27. The number of rotatable bonds is 9. The minimum atomic E-state index is -0.364. The second-order valence-electron chi connectivity index (χ2n) is 9.38. The average molecular weight is 494 g/mol. The van der Waals surface area contributed by atoms with Crippen LogP contribution in [0.3, 0.4) is 0 Å². The van der Waals surface area contributed by atoms with E-state index >= 15 is 0 Å². The molecule has 3 aromatic rings. The van der Waals surface area contributed by atoms with Crippen LogP contribution in [0.25, 0.3) is 10.9 Å². The van der Waals surface area contributed by atoms with E-state index in [-0.39, 0.29) is 29.7 Å². The number of carbonyl (C=O) groups is 1. The van der Waals surface area contributed by atoms with Gasteiger partial charge < -0.3 is 19.9 Å². The van der Waals surface area contributed by atoms with E-state index in [1.807, 2.05) is 17.0 Å². The van der Waals surface area contributed by atoms with Crippen LogP contribution in [0.15, 0.2) is 36.4 Å². The van der Waals surface area contributed by atoms with Gasteiger partial charge in [0.1, 0.15) is 0 Å². The Bertz CT molecular complexity index is 1260. The standard InChI is InChI=1S/C27H35N5O4/c1-4-9-31-20(3)19(2)23-16-22(27(34)30-12-10-29(11-13-30)14-15-33)17-24(26(23)31)28-18-21-7-5-6-8-25(21)32(35)36/h5-8,16-17,28,33H,4,9-15,18H2,1-3H3. The van der Waals surface area contributed by atoms with Crippen LogP contribution in [0.1, 0.15) is 40.5 Å². The summed E-state index contributed by atoms with van der Waals surface area (Å²) in [5.74, 6) is -0.0189. The van der Waals surface area contributed by atoms with Crippen LogP contribution in [-0.2, 0) is 13.1 Å². The van der Waals surface area contributed by atoms with Gasteiger partial charge in [-0.25, -0.2) is 0 Å². The van der Waals surface area contributed by atoms with Crippen molar-refractivity contribution in [3.63, 3.8) is 0 Å². The number of nitro benzene ring substituents is 1. The summed E-state index contributed by atoms with van der Waals surface area (Å²) in [6.07, 6.45) is 0.965. The van der Waals surface area contributed by atoms with Gasteiger partial charge in [0.15, 0.2) is 0 Å². The number of para-hydroxylation sites is 1. The highest BCUT2D eigenvalue weighted by atomic mass is 16.6. The molecule has 36 heavy (non-hydrogen) atoms. The smallest absolute Gasteiger partial charge is 0.274 e. The van der Waals surface area contributed by atoms with E-state index in [0.29, 0.717) is 30.8 Å². The number of aliphatic hydroxyl groups excluding tert-OH is 1. The van der Waals surface area contributed by atoms with E-state index in [4.69, 9.17) is 0 Å². The fourth-order valence-corrected chi connectivity index (χ4v) is 5.06. The molecular formula is C27H35N5O4. The topological polar surface area (TPSA) is 104 Å². The maximum Gasteiger partial charge on any atom is 0.274 e. The van der Waals surface area contributed by atoms with E-state index in [0.717, 1.165) is 53.9 Å². The number of nitrogens with one attached hydrogen (secondary N) is 1. The van der Waals surface area contributed by atoms with E-state index in [2.05, 4.69) is 35.6 Å². The van der Waals surface area contributed by atoms with Crippen molar-refractivity contribution >= 4 is 28.2 Å². The monoisotopic (exact) mass is 493 g/mol. The Morgan fingerprint density at radius 1 is 1.11 bits per heavy atom. The quantitative estimate of drug-likeness (QED) is 0.346. The molecule has 0 spiro atoms. The van der Waals surface area contributed by atoms with Crippen LogP contribution in [0.5, 0.6) is 0 Å². The van der Waals surface area contributed by atoms with Gasteiger partial charge in [-0.3, -0.25) is 19.8 Å².